The summed E-state index contributed by atoms with van der Waals surface area (Å²) in [6.07, 6.45) is 0. The molecule has 0 aromatic rings. The number of carbonyl (C=O) groups excluding carboxylic acids is 2. The van der Waals surface area contributed by atoms with Gasteiger partial charge in [-0.3, -0.25) is 9.59 Å². The Balaban J connectivity index is 4.56. The zero-order valence-electron chi connectivity index (χ0n) is 8.80. The van der Waals surface area contributed by atoms with Crippen LogP contribution in [0.1, 0.15) is 20.8 Å². The summed E-state index contributed by atoms with van der Waals surface area (Å²) in [7, 11) is 1.30. The summed E-state index contributed by atoms with van der Waals surface area (Å²) < 4.78 is 8.91. The van der Waals surface area contributed by atoms with Gasteiger partial charge in [0.15, 0.2) is 0 Å². The number of hydrogen-bond acceptors (Lipinski definition) is 4. The maximum Gasteiger partial charge on any atom is 0.320 e. The van der Waals surface area contributed by atoms with E-state index in [-0.39, 0.29) is 5.97 Å². The van der Waals surface area contributed by atoms with Gasteiger partial charge in [-0.25, -0.2) is 0 Å². The topological polar surface area (TPSA) is 52.6 Å². The Morgan fingerprint density at radius 1 is 1.43 bits per heavy atom. The predicted octanol–water partition coefficient (Wildman–Crippen LogP) is 1.55. The van der Waals surface area contributed by atoms with Crippen LogP contribution < -0.4 is 0 Å². The summed E-state index contributed by atoms with van der Waals surface area (Å²) in [5, 5.41) is 0. The fourth-order valence-electron chi connectivity index (χ4n) is 0.877. The lowest BCUT2D eigenvalue weighted by molar-refractivity contribution is -0.156. The first kappa shape index (κ1) is 13.7. The summed E-state index contributed by atoms with van der Waals surface area (Å²) in [6, 6.07) is 0. The van der Waals surface area contributed by atoms with Crippen molar-refractivity contribution in [2.24, 2.45) is 5.41 Å². The standard InChI is InChI=1S/C9H15IO4/c1-5-14-7(11)6(10)9(2,3)8(12)13-4/h6H,5H2,1-4H3. The van der Waals surface area contributed by atoms with Gasteiger partial charge in [0.05, 0.1) is 19.1 Å². The van der Waals surface area contributed by atoms with E-state index in [1.54, 1.807) is 20.8 Å². The molecule has 0 saturated heterocycles. The highest BCUT2D eigenvalue weighted by Gasteiger charge is 2.41. The fourth-order valence-corrected chi connectivity index (χ4v) is 1.31. The van der Waals surface area contributed by atoms with Gasteiger partial charge in [-0.05, 0) is 20.8 Å². The molecule has 82 valence electrons. The van der Waals surface area contributed by atoms with Gasteiger partial charge in [-0.1, -0.05) is 22.6 Å². The van der Waals surface area contributed by atoms with Crippen LogP contribution in [0.25, 0.3) is 0 Å². The van der Waals surface area contributed by atoms with Gasteiger partial charge >= 0.3 is 11.9 Å². The van der Waals surface area contributed by atoms with Crippen LogP contribution in [0.3, 0.4) is 0 Å². The Morgan fingerprint density at radius 2 is 1.93 bits per heavy atom. The van der Waals surface area contributed by atoms with Crippen molar-refractivity contribution < 1.29 is 19.1 Å². The normalized spacial score (nSPS) is 13.2. The first-order chi connectivity index (χ1) is 6.37. The Labute approximate surface area is 97.5 Å². The first-order valence-corrected chi connectivity index (χ1v) is 5.51. The Bertz CT molecular complexity index is 225. The minimum atomic E-state index is -0.860. The van der Waals surface area contributed by atoms with Crippen molar-refractivity contribution in [3.05, 3.63) is 0 Å². The Kier molecular flexibility index (Phi) is 5.40. The third-order valence-electron chi connectivity index (χ3n) is 1.84. The highest BCUT2D eigenvalue weighted by molar-refractivity contribution is 14.1. The third kappa shape index (κ3) is 3.11. The second-order valence-electron chi connectivity index (χ2n) is 3.33. The molecular weight excluding hydrogens is 299 g/mol. The van der Waals surface area contributed by atoms with Gasteiger partial charge in [0.1, 0.15) is 3.92 Å². The molecule has 4 nitrogen and oxygen atoms in total. The number of esters is 2. The van der Waals surface area contributed by atoms with Gasteiger partial charge in [-0.2, -0.15) is 0 Å². The number of carbonyl (C=O) groups is 2. The molecule has 0 fully saturated rings. The maximum atomic E-state index is 11.4. The van der Waals surface area contributed by atoms with Gasteiger partial charge < -0.3 is 9.47 Å². The predicted molar refractivity (Wildman–Crippen MR) is 60.2 cm³/mol. The average Bonchev–Trinajstić information content (AvgIpc) is 2.15. The molecule has 0 radical (unpaired) electrons. The molecule has 0 aliphatic carbocycles. The van der Waals surface area contributed by atoms with Crippen molar-refractivity contribution in [2.75, 3.05) is 13.7 Å². The van der Waals surface area contributed by atoms with E-state index >= 15 is 0 Å². The number of halogens is 1. The summed E-state index contributed by atoms with van der Waals surface area (Å²) in [5.41, 5.74) is -0.860. The van der Waals surface area contributed by atoms with Gasteiger partial charge in [0.25, 0.3) is 0 Å². The minimum absolute atomic E-state index is 0.315. The molecule has 0 saturated carbocycles. The second-order valence-corrected chi connectivity index (χ2v) is 4.57. The lowest BCUT2D eigenvalue weighted by atomic mass is 9.89. The molecule has 0 heterocycles. The number of hydrogen-bond donors (Lipinski definition) is 0. The number of alkyl halides is 1. The van der Waals surface area contributed by atoms with Crippen molar-refractivity contribution in [1.82, 2.24) is 0 Å². The summed E-state index contributed by atoms with van der Waals surface area (Å²) in [6.45, 7) is 5.36. The largest absolute Gasteiger partial charge is 0.469 e. The summed E-state index contributed by atoms with van der Waals surface area (Å²) in [4.78, 5) is 22.7. The Hall–Kier alpha value is -0.330. The second kappa shape index (κ2) is 5.53. The van der Waals surface area contributed by atoms with E-state index in [0.29, 0.717) is 6.61 Å². The van der Waals surface area contributed by atoms with Crippen molar-refractivity contribution >= 4 is 34.5 Å². The quantitative estimate of drug-likeness (QED) is 0.449. The van der Waals surface area contributed by atoms with E-state index in [2.05, 4.69) is 4.74 Å². The van der Waals surface area contributed by atoms with Gasteiger partial charge in [0, 0.05) is 0 Å². The van der Waals surface area contributed by atoms with Crippen molar-refractivity contribution in [2.45, 2.75) is 24.7 Å². The lowest BCUT2D eigenvalue weighted by Crippen LogP contribution is -2.40. The molecule has 0 aromatic heterocycles. The molecule has 0 aliphatic rings. The zero-order valence-corrected chi connectivity index (χ0v) is 11.0. The molecule has 1 atom stereocenters. The first-order valence-electron chi connectivity index (χ1n) is 4.27. The molecule has 0 aromatic carbocycles. The zero-order chi connectivity index (χ0) is 11.4. The smallest absolute Gasteiger partial charge is 0.320 e. The SMILES string of the molecule is CCOC(=O)C(I)C(C)(C)C(=O)OC. The van der Waals surface area contributed by atoms with E-state index in [9.17, 15) is 9.59 Å². The highest BCUT2D eigenvalue weighted by Crippen LogP contribution is 2.29. The molecule has 1 unspecified atom stereocenters. The van der Waals surface area contributed by atoms with Gasteiger partial charge in [0.2, 0.25) is 0 Å². The monoisotopic (exact) mass is 314 g/mol. The van der Waals surface area contributed by atoms with E-state index in [0.717, 1.165) is 0 Å². The number of ether oxygens (including phenoxy) is 2. The van der Waals surface area contributed by atoms with E-state index in [1.807, 2.05) is 22.6 Å². The average molecular weight is 314 g/mol. The number of rotatable bonds is 4. The summed E-state index contributed by atoms with van der Waals surface area (Å²) >= 11 is 1.90. The van der Waals surface area contributed by atoms with E-state index in [1.165, 1.54) is 7.11 Å². The molecular formula is C9H15IO4. The van der Waals surface area contributed by atoms with Crippen LogP contribution in [0.4, 0.5) is 0 Å². The van der Waals surface area contributed by atoms with Crippen LogP contribution in [0.2, 0.25) is 0 Å². The number of methoxy groups -OCH3 is 1. The van der Waals surface area contributed by atoms with Crippen LogP contribution in [-0.2, 0) is 19.1 Å². The van der Waals surface area contributed by atoms with Crippen molar-refractivity contribution in [3.8, 4) is 0 Å². The molecule has 0 N–H and O–H groups in total. The highest BCUT2D eigenvalue weighted by atomic mass is 127. The third-order valence-corrected chi connectivity index (χ3v) is 3.90. The summed E-state index contributed by atoms with van der Waals surface area (Å²) in [5.74, 6) is -0.798. The maximum absolute atomic E-state index is 11.4. The molecule has 0 aliphatic heterocycles. The molecule has 0 spiro atoms. The van der Waals surface area contributed by atoms with Crippen molar-refractivity contribution in [3.63, 3.8) is 0 Å². The van der Waals surface area contributed by atoms with E-state index < -0.39 is 15.3 Å². The van der Waals surface area contributed by atoms with Crippen LogP contribution in [-0.4, -0.2) is 29.6 Å². The van der Waals surface area contributed by atoms with Crippen LogP contribution >= 0.6 is 22.6 Å². The van der Waals surface area contributed by atoms with Crippen LogP contribution in [0.15, 0.2) is 0 Å². The minimum Gasteiger partial charge on any atom is -0.469 e. The van der Waals surface area contributed by atoms with Gasteiger partial charge in [-0.15, -0.1) is 0 Å². The Morgan fingerprint density at radius 3 is 2.29 bits per heavy atom. The van der Waals surface area contributed by atoms with Crippen LogP contribution in [0, 0.1) is 5.41 Å². The molecule has 5 heteroatoms. The van der Waals surface area contributed by atoms with E-state index in [4.69, 9.17) is 4.74 Å². The molecule has 0 amide bonds. The lowest BCUT2D eigenvalue weighted by Gasteiger charge is -2.25. The fraction of sp³-hybridized carbons (Fsp3) is 0.778. The molecule has 14 heavy (non-hydrogen) atoms. The molecule has 0 bridgehead atoms. The van der Waals surface area contributed by atoms with Crippen molar-refractivity contribution in [1.29, 1.82) is 0 Å². The molecule has 0 rings (SSSR count). The van der Waals surface area contributed by atoms with Crippen LogP contribution in [0.5, 0.6) is 0 Å².